The van der Waals surface area contributed by atoms with Crippen LogP contribution in [0.1, 0.15) is 93.1 Å². The molecule has 3 rings (SSSR count). The lowest BCUT2D eigenvalue weighted by molar-refractivity contribution is -0.149. The van der Waals surface area contributed by atoms with Crippen LogP contribution in [0.3, 0.4) is 0 Å². The number of thioether (sulfide) groups is 1. The summed E-state index contributed by atoms with van der Waals surface area (Å²) in [7, 11) is 0. The smallest absolute Gasteiger partial charge is 0.335 e. The van der Waals surface area contributed by atoms with Gasteiger partial charge in [-0.15, -0.1) is 11.8 Å². The summed E-state index contributed by atoms with van der Waals surface area (Å²) in [6, 6.07) is 16.5. The Hall–Kier alpha value is -3.33. The van der Waals surface area contributed by atoms with E-state index in [4.69, 9.17) is 9.84 Å². The first-order chi connectivity index (χ1) is 20.8. The van der Waals surface area contributed by atoms with Crippen molar-refractivity contribution in [3.63, 3.8) is 0 Å². The molecule has 0 aromatic heterocycles. The zero-order valence-electron chi connectivity index (χ0n) is 25.5. The SMILES string of the molecule is CCCCCCCC1SC(CC(=O)N(CC(=O)OCC)Cc2ccccc2)C(=O)N1CCCCc1ccc(C(=O)O)cc1. The normalized spacial score (nSPS) is 16.3. The lowest BCUT2D eigenvalue weighted by Gasteiger charge is -2.24. The number of rotatable bonds is 19. The number of carbonyl (C=O) groups excluding carboxylic acids is 3. The van der Waals surface area contributed by atoms with Crippen LogP contribution in [0.25, 0.3) is 0 Å². The summed E-state index contributed by atoms with van der Waals surface area (Å²) in [5.74, 6) is -1.62. The summed E-state index contributed by atoms with van der Waals surface area (Å²) in [6.45, 7) is 4.93. The molecule has 0 radical (unpaired) electrons. The van der Waals surface area contributed by atoms with Crippen molar-refractivity contribution in [2.24, 2.45) is 0 Å². The lowest BCUT2D eigenvalue weighted by atomic mass is 10.1. The fraction of sp³-hybridized carbons (Fsp3) is 0.529. The molecule has 1 heterocycles. The molecule has 0 saturated carbocycles. The number of aromatic carboxylic acids is 1. The molecule has 0 aliphatic carbocycles. The Morgan fingerprint density at radius 1 is 0.907 bits per heavy atom. The van der Waals surface area contributed by atoms with Gasteiger partial charge in [0.15, 0.2) is 0 Å². The van der Waals surface area contributed by atoms with Gasteiger partial charge in [0, 0.05) is 19.5 Å². The van der Waals surface area contributed by atoms with E-state index >= 15 is 0 Å². The molecule has 9 heteroatoms. The predicted octanol–water partition coefficient (Wildman–Crippen LogP) is 6.32. The molecule has 1 fully saturated rings. The zero-order chi connectivity index (χ0) is 31.0. The van der Waals surface area contributed by atoms with Gasteiger partial charge in [-0.2, -0.15) is 0 Å². The second-order valence-electron chi connectivity index (χ2n) is 11.0. The fourth-order valence-corrected chi connectivity index (χ4v) is 6.82. The number of carboxylic acids is 1. The molecule has 2 atom stereocenters. The van der Waals surface area contributed by atoms with E-state index in [1.54, 1.807) is 30.8 Å². The first-order valence-corrected chi connectivity index (χ1v) is 16.5. The quantitative estimate of drug-likeness (QED) is 0.147. The zero-order valence-corrected chi connectivity index (χ0v) is 26.4. The molecule has 0 bridgehead atoms. The number of carbonyl (C=O) groups is 4. The average molecular weight is 611 g/mol. The molecular formula is C34H46N2O6S. The van der Waals surface area contributed by atoms with Gasteiger partial charge in [-0.3, -0.25) is 14.4 Å². The summed E-state index contributed by atoms with van der Waals surface area (Å²) in [4.78, 5) is 54.1. The third-order valence-corrected chi connectivity index (χ3v) is 9.15. The van der Waals surface area contributed by atoms with Crippen LogP contribution in [-0.2, 0) is 32.1 Å². The first-order valence-electron chi connectivity index (χ1n) is 15.6. The summed E-state index contributed by atoms with van der Waals surface area (Å²) >= 11 is 1.59. The van der Waals surface area contributed by atoms with Crippen LogP contribution in [0, 0.1) is 0 Å². The number of aryl methyl sites for hydroxylation is 1. The fourth-order valence-electron chi connectivity index (χ4n) is 5.30. The van der Waals surface area contributed by atoms with E-state index in [2.05, 4.69) is 6.92 Å². The van der Waals surface area contributed by atoms with Gasteiger partial charge in [0.25, 0.3) is 0 Å². The number of unbranched alkanes of at least 4 members (excludes halogenated alkanes) is 5. The maximum Gasteiger partial charge on any atom is 0.335 e. The molecule has 1 aliphatic heterocycles. The predicted molar refractivity (Wildman–Crippen MR) is 170 cm³/mol. The summed E-state index contributed by atoms with van der Waals surface area (Å²) in [6.07, 6.45) is 9.20. The highest BCUT2D eigenvalue weighted by atomic mass is 32.2. The van der Waals surface area contributed by atoms with E-state index in [0.29, 0.717) is 6.54 Å². The maximum atomic E-state index is 13.6. The van der Waals surface area contributed by atoms with Gasteiger partial charge < -0.3 is 19.6 Å². The van der Waals surface area contributed by atoms with Crippen molar-refractivity contribution < 1.29 is 29.0 Å². The highest BCUT2D eigenvalue weighted by molar-refractivity contribution is 8.01. The minimum atomic E-state index is -0.936. The number of ether oxygens (including phenoxy) is 1. The number of esters is 1. The monoisotopic (exact) mass is 610 g/mol. The minimum Gasteiger partial charge on any atom is -0.478 e. The van der Waals surface area contributed by atoms with Crippen molar-refractivity contribution in [3.05, 3.63) is 71.3 Å². The molecule has 2 aromatic rings. The molecule has 43 heavy (non-hydrogen) atoms. The molecular weight excluding hydrogens is 564 g/mol. The standard InChI is InChI=1S/C34H46N2O6S/c1-3-5-6-7-11-17-31-36(22-13-12-14-26-18-20-28(21-19-26)34(40)41)33(39)29(43-31)23-30(37)35(25-32(38)42-4-2)24-27-15-9-8-10-16-27/h8-10,15-16,18-21,29,31H,3-7,11-14,17,22-25H2,1-2H3,(H,40,41). The number of hydrogen-bond acceptors (Lipinski definition) is 6. The second kappa shape index (κ2) is 18.4. The summed E-state index contributed by atoms with van der Waals surface area (Å²) in [5.41, 5.74) is 2.26. The summed E-state index contributed by atoms with van der Waals surface area (Å²) < 4.78 is 5.12. The third-order valence-electron chi connectivity index (χ3n) is 7.65. The van der Waals surface area contributed by atoms with Gasteiger partial charge >= 0.3 is 11.9 Å². The number of amides is 2. The largest absolute Gasteiger partial charge is 0.478 e. The Labute approximate surface area is 260 Å². The van der Waals surface area contributed by atoms with E-state index in [1.165, 1.54) is 24.2 Å². The number of benzene rings is 2. The third kappa shape index (κ3) is 11.4. The van der Waals surface area contributed by atoms with Gasteiger partial charge in [0.2, 0.25) is 11.8 Å². The molecule has 2 aromatic carbocycles. The van der Waals surface area contributed by atoms with Crippen molar-refractivity contribution >= 4 is 35.5 Å². The lowest BCUT2D eigenvalue weighted by Crippen LogP contribution is -2.39. The summed E-state index contributed by atoms with van der Waals surface area (Å²) in [5, 5.41) is 8.68. The Morgan fingerprint density at radius 3 is 2.30 bits per heavy atom. The van der Waals surface area contributed by atoms with Crippen molar-refractivity contribution in [2.75, 3.05) is 19.7 Å². The first kappa shape index (κ1) is 34.2. The van der Waals surface area contributed by atoms with Gasteiger partial charge in [-0.05, 0) is 55.9 Å². The maximum absolute atomic E-state index is 13.6. The van der Waals surface area contributed by atoms with E-state index in [9.17, 15) is 19.2 Å². The van der Waals surface area contributed by atoms with Gasteiger partial charge in [0.05, 0.1) is 22.8 Å². The van der Waals surface area contributed by atoms with Crippen molar-refractivity contribution in [2.45, 2.75) is 95.2 Å². The Morgan fingerprint density at radius 2 is 1.63 bits per heavy atom. The highest BCUT2D eigenvalue weighted by Crippen LogP contribution is 2.37. The van der Waals surface area contributed by atoms with E-state index < -0.39 is 17.2 Å². The highest BCUT2D eigenvalue weighted by Gasteiger charge is 2.41. The van der Waals surface area contributed by atoms with E-state index in [0.717, 1.165) is 49.7 Å². The number of carboxylic acid groups (broad SMARTS) is 1. The van der Waals surface area contributed by atoms with Crippen LogP contribution < -0.4 is 0 Å². The Balaban J connectivity index is 1.62. The van der Waals surface area contributed by atoms with Crippen LogP contribution in [0.5, 0.6) is 0 Å². The van der Waals surface area contributed by atoms with Crippen LogP contribution in [0.15, 0.2) is 54.6 Å². The van der Waals surface area contributed by atoms with E-state index in [-0.39, 0.29) is 48.9 Å². The van der Waals surface area contributed by atoms with Gasteiger partial charge in [-0.25, -0.2) is 4.79 Å². The van der Waals surface area contributed by atoms with Crippen molar-refractivity contribution in [1.29, 1.82) is 0 Å². The van der Waals surface area contributed by atoms with Crippen LogP contribution in [0.4, 0.5) is 0 Å². The molecule has 8 nitrogen and oxygen atoms in total. The number of hydrogen-bond donors (Lipinski definition) is 1. The van der Waals surface area contributed by atoms with Gasteiger partial charge in [0.1, 0.15) is 6.54 Å². The Bertz CT molecular complexity index is 1170. The molecule has 2 amide bonds. The minimum absolute atomic E-state index is 0.00137. The molecule has 1 aliphatic rings. The van der Waals surface area contributed by atoms with Crippen LogP contribution >= 0.6 is 11.8 Å². The molecule has 1 saturated heterocycles. The van der Waals surface area contributed by atoms with Crippen molar-refractivity contribution in [3.8, 4) is 0 Å². The topological polar surface area (TPSA) is 104 Å². The molecule has 234 valence electrons. The van der Waals surface area contributed by atoms with Gasteiger partial charge in [-0.1, -0.05) is 81.5 Å². The number of nitrogens with zero attached hydrogens (tertiary/aromatic N) is 2. The van der Waals surface area contributed by atoms with Crippen molar-refractivity contribution in [1.82, 2.24) is 9.80 Å². The van der Waals surface area contributed by atoms with Crippen LogP contribution in [0.2, 0.25) is 0 Å². The molecule has 2 unspecified atom stereocenters. The molecule has 1 N–H and O–H groups in total. The molecule has 0 spiro atoms. The van der Waals surface area contributed by atoms with Crippen LogP contribution in [-0.4, -0.2) is 69.0 Å². The average Bonchev–Trinajstić information content (AvgIpc) is 3.29. The van der Waals surface area contributed by atoms with E-state index in [1.807, 2.05) is 47.4 Å². The second-order valence-corrected chi connectivity index (χ2v) is 12.4. The Kier molecular flexibility index (Phi) is 14.6.